The number of nitrogens with one attached hydrogen (secondary N) is 3. The number of carbonyl (C=O) groups excluding carboxylic acids is 2. The summed E-state index contributed by atoms with van der Waals surface area (Å²) >= 11 is 5.92. The molecule has 8 heteroatoms. The topological polar surface area (TPSA) is 84.4 Å². The van der Waals surface area contributed by atoms with Gasteiger partial charge in [-0.15, -0.1) is 0 Å². The number of aryl methyl sites for hydroxylation is 1. The smallest absolute Gasteiger partial charge is 0.338 e. The van der Waals surface area contributed by atoms with Crippen molar-refractivity contribution in [1.29, 1.82) is 0 Å². The van der Waals surface area contributed by atoms with Crippen molar-refractivity contribution in [3.63, 3.8) is 0 Å². The molecule has 0 spiro atoms. The number of halogens is 1. The molecule has 1 heterocycles. The van der Waals surface area contributed by atoms with Crippen molar-refractivity contribution in [3.05, 3.63) is 59.2 Å². The zero-order chi connectivity index (χ0) is 18.7. The first-order valence-electron chi connectivity index (χ1n) is 7.74. The van der Waals surface area contributed by atoms with Crippen LogP contribution in [0.15, 0.2) is 48.7 Å². The molecule has 7 nitrogen and oxygen atoms in total. The molecule has 2 aromatic carbocycles. The van der Waals surface area contributed by atoms with Gasteiger partial charge in [0.1, 0.15) is 5.75 Å². The molecule has 0 aliphatic rings. The summed E-state index contributed by atoms with van der Waals surface area (Å²) in [5.74, 6) is 0.0277. The minimum atomic E-state index is -0.626. The van der Waals surface area contributed by atoms with Gasteiger partial charge in [0.15, 0.2) is 0 Å². The van der Waals surface area contributed by atoms with E-state index in [4.69, 9.17) is 16.3 Å². The maximum Gasteiger partial charge on any atom is 0.338 e. The van der Waals surface area contributed by atoms with E-state index in [0.717, 1.165) is 10.9 Å². The van der Waals surface area contributed by atoms with Crippen molar-refractivity contribution < 1.29 is 14.3 Å². The quantitative estimate of drug-likeness (QED) is 0.617. The largest absolute Gasteiger partial charge is 0.495 e. The molecule has 3 rings (SSSR count). The Morgan fingerprint density at radius 3 is 2.65 bits per heavy atom. The van der Waals surface area contributed by atoms with Crippen molar-refractivity contribution in [2.75, 3.05) is 12.4 Å². The van der Waals surface area contributed by atoms with Gasteiger partial charge in [0, 0.05) is 29.2 Å². The van der Waals surface area contributed by atoms with E-state index < -0.39 is 11.9 Å². The van der Waals surface area contributed by atoms with E-state index in [2.05, 4.69) is 16.2 Å². The highest BCUT2D eigenvalue weighted by Gasteiger charge is 2.15. The third-order valence-electron chi connectivity index (χ3n) is 3.84. The Morgan fingerprint density at radius 2 is 1.88 bits per heavy atom. The number of fused-ring (bicyclic) bond motifs is 1. The molecule has 0 atom stereocenters. The summed E-state index contributed by atoms with van der Waals surface area (Å²) in [6, 6.07) is 11.7. The van der Waals surface area contributed by atoms with Gasteiger partial charge in [-0.3, -0.25) is 10.2 Å². The molecule has 0 saturated carbocycles. The molecule has 0 unspecified atom stereocenters. The SMILES string of the molecule is COc1ccc(Cl)cc1NC(=O)NNC(=O)c1cn(C)c2ccccc12. The fraction of sp³-hybridized carbons (Fsp3) is 0.111. The first-order chi connectivity index (χ1) is 12.5. The number of urea groups is 1. The lowest BCUT2D eigenvalue weighted by Crippen LogP contribution is -2.43. The molecule has 0 saturated heterocycles. The molecule has 1 aromatic heterocycles. The highest BCUT2D eigenvalue weighted by Crippen LogP contribution is 2.27. The molecule has 0 aliphatic heterocycles. The van der Waals surface area contributed by atoms with E-state index in [-0.39, 0.29) is 0 Å². The van der Waals surface area contributed by atoms with Crippen LogP contribution in [0.2, 0.25) is 5.02 Å². The fourth-order valence-corrected chi connectivity index (χ4v) is 2.81. The van der Waals surface area contributed by atoms with E-state index in [0.29, 0.717) is 22.0 Å². The Bertz CT molecular complexity index is 984. The lowest BCUT2D eigenvalue weighted by atomic mass is 10.2. The number of anilines is 1. The third kappa shape index (κ3) is 3.57. The van der Waals surface area contributed by atoms with Gasteiger partial charge in [-0.2, -0.15) is 0 Å². The molecule has 134 valence electrons. The minimum Gasteiger partial charge on any atom is -0.495 e. The van der Waals surface area contributed by atoms with E-state index in [1.807, 2.05) is 35.9 Å². The molecular weight excluding hydrogens is 356 g/mol. The number of carbonyl (C=O) groups is 2. The molecule has 0 bridgehead atoms. The fourth-order valence-electron chi connectivity index (χ4n) is 2.63. The van der Waals surface area contributed by atoms with Crippen LogP contribution < -0.4 is 20.9 Å². The van der Waals surface area contributed by atoms with Crippen molar-refractivity contribution in [3.8, 4) is 5.75 Å². The second kappa shape index (κ2) is 7.37. The molecule has 0 radical (unpaired) electrons. The molecule has 0 aliphatic carbocycles. The van der Waals surface area contributed by atoms with Crippen molar-refractivity contribution in [2.24, 2.45) is 7.05 Å². The standard InChI is InChI=1S/C18H17ClN4O3/c1-23-10-13(12-5-3-4-6-15(12)23)17(24)21-22-18(25)20-14-9-11(19)7-8-16(14)26-2/h3-10H,1-2H3,(H,21,24)(H2,20,22,25). The third-order valence-corrected chi connectivity index (χ3v) is 4.08. The van der Waals surface area contributed by atoms with Crippen LogP contribution in [0.5, 0.6) is 5.75 Å². The van der Waals surface area contributed by atoms with Crippen LogP contribution in [0.4, 0.5) is 10.5 Å². The monoisotopic (exact) mass is 372 g/mol. The summed E-state index contributed by atoms with van der Waals surface area (Å²) < 4.78 is 7.00. The van der Waals surface area contributed by atoms with Gasteiger partial charge < -0.3 is 14.6 Å². The maximum absolute atomic E-state index is 12.4. The zero-order valence-corrected chi connectivity index (χ0v) is 14.9. The van der Waals surface area contributed by atoms with Crippen LogP contribution in [0.1, 0.15) is 10.4 Å². The summed E-state index contributed by atoms with van der Waals surface area (Å²) in [6.45, 7) is 0. The summed E-state index contributed by atoms with van der Waals surface area (Å²) in [6.07, 6.45) is 1.71. The highest BCUT2D eigenvalue weighted by atomic mass is 35.5. The minimum absolute atomic E-state index is 0.386. The Hall–Kier alpha value is -3.19. The number of nitrogens with zero attached hydrogens (tertiary/aromatic N) is 1. The van der Waals surface area contributed by atoms with Gasteiger partial charge in [-0.05, 0) is 24.3 Å². The number of methoxy groups -OCH3 is 1. The average molecular weight is 373 g/mol. The van der Waals surface area contributed by atoms with Crippen molar-refractivity contribution >= 4 is 40.1 Å². The zero-order valence-electron chi connectivity index (χ0n) is 14.2. The number of para-hydroxylation sites is 1. The average Bonchev–Trinajstić information content (AvgIpc) is 2.97. The normalized spacial score (nSPS) is 10.4. The van der Waals surface area contributed by atoms with Gasteiger partial charge >= 0.3 is 6.03 Å². The van der Waals surface area contributed by atoms with Crippen LogP contribution in [-0.2, 0) is 7.05 Å². The number of benzene rings is 2. The summed E-state index contributed by atoms with van der Waals surface area (Å²) in [5.41, 5.74) is 6.47. The van der Waals surface area contributed by atoms with E-state index in [9.17, 15) is 9.59 Å². The van der Waals surface area contributed by atoms with Crippen molar-refractivity contribution in [2.45, 2.75) is 0 Å². The van der Waals surface area contributed by atoms with Gasteiger partial charge in [-0.1, -0.05) is 29.8 Å². The number of rotatable bonds is 3. The van der Waals surface area contributed by atoms with Gasteiger partial charge in [0.05, 0.1) is 18.4 Å². The second-order valence-electron chi connectivity index (χ2n) is 5.55. The predicted octanol–water partition coefficient (Wildman–Crippen LogP) is 3.31. The number of hydrogen-bond acceptors (Lipinski definition) is 3. The lowest BCUT2D eigenvalue weighted by Gasteiger charge is -2.12. The first kappa shape index (κ1) is 17.6. The predicted molar refractivity (Wildman–Crippen MR) is 101 cm³/mol. The van der Waals surface area contributed by atoms with E-state index >= 15 is 0 Å². The number of aromatic nitrogens is 1. The van der Waals surface area contributed by atoms with Crippen molar-refractivity contribution in [1.82, 2.24) is 15.4 Å². The highest BCUT2D eigenvalue weighted by molar-refractivity contribution is 6.31. The molecular formula is C18H17ClN4O3. The second-order valence-corrected chi connectivity index (χ2v) is 5.99. The Balaban J connectivity index is 1.68. The van der Waals surface area contributed by atoms with Gasteiger partial charge in [0.2, 0.25) is 0 Å². The number of hydrazine groups is 1. The number of ether oxygens (including phenoxy) is 1. The maximum atomic E-state index is 12.4. The molecule has 3 aromatic rings. The number of hydrogen-bond donors (Lipinski definition) is 3. The Morgan fingerprint density at radius 1 is 1.12 bits per heavy atom. The Kier molecular flexibility index (Phi) is 4.99. The van der Waals surface area contributed by atoms with Crippen LogP contribution in [0.3, 0.4) is 0 Å². The first-order valence-corrected chi connectivity index (χ1v) is 8.12. The molecule has 3 N–H and O–H groups in total. The Labute approximate surface area is 154 Å². The molecule has 3 amide bonds. The summed E-state index contributed by atoms with van der Waals surface area (Å²) in [4.78, 5) is 24.4. The van der Waals surface area contributed by atoms with Crippen LogP contribution >= 0.6 is 11.6 Å². The number of amides is 3. The van der Waals surface area contributed by atoms with Crippen LogP contribution in [0, 0.1) is 0 Å². The summed E-state index contributed by atoms with van der Waals surface area (Å²) in [7, 11) is 3.33. The van der Waals surface area contributed by atoms with E-state index in [1.54, 1.807) is 24.4 Å². The van der Waals surface area contributed by atoms with Gasteiger partial charge in [-0.25, -0.2) is 10.2 Å². The van der Waals surface area contributed by atoms with Crippen LogP contribution in [0.25, 0.3) is 10.9 Å². The van der Waals surface area contributed by atoms with E-state index in [1.165, 1.54) is 7.11 Å². The van der Waals surface area contributed by atoms with Gasteiger partial charge in [0.25, 0.3) is 5.91 Å². The van der Waals surface area contributed by atoms with Crippen LogP contribution in [-0.4, -0.2) is 23.6 Å². The molecule has 0 fully saturated rings. The molecule has 26 heavy (non-hydrogen) atoms. The summed E-state index contributed by atoms with van der Waals surface area (Å²) in [5, 5.41) is 3.81. The lowest BCUT2D eigenvalue weighted by molar-refractivity contribution is 0.0939.